The van der Waals surface area contributed by atoms with E-state index in [0.29, 0.717) is 17.1 Å². The molecule has 0 aliphatic heterocycles. The fourth-order valence-electron chi connectivity index (χ4n) is 1.57. The highest BCUT2D eigenvalue weighted by molar-refractivity contribution is 7.89. The lowest BCUT2D eigenvalue weighted by Crippen LogP contribution is -2.24. The van der Waals surface area contributed by atoms with Gasteiger partial charge in [-0.05, 0) is 31.5 Å². The third-order valence-electron chi connectivity index (χ3n) is 2.60. The second-order valence-electron chi connectivity index (χ2n) is 4.03. The van der Waals surface area contributed by atoms with E-state index in [1.54, 1.807) is 26.0 Å². The zero-order valence-corrected chi connectivity index (χ0v) is 11.4. The molecule has 2 rings (SSSR count). The second kappa shape index (κ2) is 4.98. The van der Waals surface area contributed by atoms with E-state index in [4.69, 9.17) is 10.3 Å². The highest BCUT2D eigenvalue weighted by atomic mass is 32.2. The molecule has 2 aromatic rings. The average molecular weight is 282 g/mol. The molecular weight excluding hydrogens is 268 g/mol. The van der Waals surface area contributed by atoms with Crippen LogP contribution in [0.3, 0.4) is 0 Å². The SMILES string of the molecule is Cc1noc(CNS(=O)(=O)c2cccc(N)c2C)n1. The Hall–Kier alpha value is -1.93. The largest absolute Gasteiger partial charge is 0.398 e. The Balaban J connectivity index is 2.21. The van der Waals surface area contributed by atoms with Crippen LogP contribution in [0.15, 0.2) is 27.6 Å². The molecule has 1 heterocycles. The van der Waals surface area contributed by atoms with E-state index in [1.165, 1.54) is 6.07 Å². The van der Waals surface area contributed by atoms with Gasteiger partial charge in [0.1, 0.15) is 0 Å². The topological polar surface area (TPSA) is 111 Å². The summed E-state index contributed by atoms with van der Waals surface area (Å²) in [5.41, 5.74) is 6.63. The summed E-state index contributed by atoms with van der Waals surface area (Å²) in [4.78, 5) is 4.06. The smallest absolute Gasteiger partial charge is 0.241 e. The van der Waals surface area contributed by atoms with E-state index in [-0.39, 0.29) is 17.3 Å². The number of anilines is 1. The summed E-state index contributed by atoms with van der Waals surface area (Å²) in [6.07, 6.45) is 0. The van der Waals surface area contributed by atoms with Crippen LogP contribution in [0.2, 0.25) is 0 Å². The lowest BCUT2D eigenvalue weighted by atomic mass is 10.2. The highest BCUT2D eigenvalue weighted by Gasteiger charge is 2.18. The first-order chi connectivity index (χ1) is 8.90. The van der Waals surface area contributed by atoms with Crippen LogP contribution in [0.1, 0.15) is 17.3 Å². The summed E-state index contributed by atoms with van der Waals surface area (Å²) >= 11 is 0. The van der Waals surface area contributed by atoms with Crippen molar-refractivity contribution in [3.05, 3.63) is 35.5 Å². The number of benzene rings is 1. The van der Waals surface area contributed by atoms with Crippen molar-refractivity contribution in [2.75, 3.05) is 5.73 Å². The zero-order valence-electron chi connectivity index (χ0n) is 10.5. The molecule has 0 spiro atoms. The predicted molar refractivity (Wildman–Crippen MR) is 68.7 cm³/mol. The number of aromatic nitrogens is 2. The summed E-state index contributed by atoms with van der Waals surface area (Å²) in [5.74, 6) is 0.664. The number of sulfonamides is 1. The van der Waals surface area contributed by atoms with E-state index in [2.05, 4.69) is 14.9 Å². The molecule has 0 unspecified atom stereocenters. The van der Waals surface area contributed by atoms with Crippen molar-refractivity contribution in [2.24, 2.45) is 0 Å². The van der Waals surface area contributed by atoms with Gasteiger partial charge in [-0.15, -0.1) is 0 Å². The molecule has 1 aromatic carbocycles. The van der Waals surface area contributed by atoms with E-state index in [1.807, 2.05) is 0 Å². The van der Waals surface area contributed by atoms with E-state index in [0.717, 1.165) is 0 Å². The number of aryl methyl sites for hydroxylation is 1. The Labute approximate surface area is 110 Å². The van der Waals surface area contributed by atoms with Crippen LogP contribution in [0.25, 0.3) is 0 Å². The fourth-order valence-corrected chi connectivity index (χ4v) is 2.82. The summed E-state index contributed by atoms with van der Waals surface area (Å²) in [5, 5.41) is 3.58. The lowest BCUT2D eigenvalue weighted by Gasteiger charge is -2.09. The number of hydrogen-bond acceptors (Lipinski definition) is 6. The Kier molecular flexibility index (Phi) is 3.54. The number of rotatable bonds is 4. The first-order valence-corrected chi connectivity index (χ1v) is 7.02. The number of nitrogens with two attached hydrogens (primary N) is 1. The molecule has 0 saturated heterocycles. The van der Waals surface area contributed by atoms with Crippen LogP contribution in [0, 0.1) is 13.8 Å². The molecule has 0 atom stereocenters. The van der Waals surface area contributed by atoms with Gasteiger partial charge in [-0.2, -0.15) is 4.98 Å². The standard InChI is InChI=1S/C11H14N4O3S/c1-7-9(12)4-3-5-10(7)19(16,17)13-6-11-14-8(2)15-18-11/h3-5,13H,6,12H2,1-2H3. The quantitative estimate of drug-likeness (QED) is 0.800. The molecule has 0 fully saturated rings. The van der Waals surface area contributed by atoms with Crippen LogP contribution < -0.4 is 10.5 Å². The Bertz CT molecular complexity index is 694. The minimum Gasteiger partial charge on any atom is -0.398 e. The van der Waals surface area contributed by atoms with Gasteiger partial charge < -0.3 is 10.3 Å². The minimum absolute atomic E-state index is 0.0581. The number of nitrogen functional groups attached to an aromatic ring is 1. The molecule has 3 N–H and O–H groups in total. The molecule has 0 bridgehead atoms. The maximum absolute atomic E-state index is 12.1. The van der Waals surface area contributed by atoms with Crippen LogP contribution in [-0.2, 0) is 16.6 Å². The summed E-state index contributed by atoms with van der Waals surface area (Å²) in [7, 11) is -3.66. The van der Waals surface area contributed by atoms with Gasteiger partial charge in [0.15, 0.2) is 5.82 Å². The molecule has 1 aromatic heterocycles. The van der Waals surface area contributed by atoms with Crippen molar-refractivity contribution in [1.29, 1.82) is 0 Å². The molecule has 7 nitrogen and oxygen atoms in total. The normalized spacial score (nSPS) is 11.7. The molecule has 0 aliphatic rings. The number of nitrogens with zero attached hydrogens (tertiary/aromatic N) is 2. The Morgan fingerprint density at radius 1 is 1.37 bits per heavy atom. The van der Waals surface area contributed by atoms with Gasteiger partial charge >= 0.3 is 0 Å². The first kappa shape index (κ1) is 13.5. The van der Waals surface area contributed by atoms with Crippen molar-refractivity contribution in [3.8, 4) is 0 Å². The minimum atomic E-state index is -3.66. The monoisotopic (exact) mass is 282 g/mol. The maximum atomic E-state index is 12.1. The van der Waals surface area contributed by atoms with Crippen molar-refractivity contribution in [2.45, 2.75) is 25.3 Å². The number of hydrogen-bond donors (Lipinski definition) is 2. The molecule has 0 aliphatic carbocycles. The van der Waals surface area contributed by atoms with Crippen molar-refractivity contribution in [3.63, 3.8) is 0 Å². The molecule has 0 amide bonds. The summed E-state index contributed by atoms with van der Waals surface area (Å²) in [6.45, 7) is 3.25. The van der Waals surface area contributed by atoms with Gasteiger partial charge in [-0.25, -0.2) is 13.1 Å². The van der Waals surface area contributed by atoms with Gasteiger partial charge in [0.2, 0.25) is 15.9 Å². The van der Waals surface area contributed by atoms with E-state index >= 15 is 0 Å². The van der Waals surface area contributed by atoms with E-state index < -0.39 is 10.0 Å². The average Bonchev–Trinajstić information content (AvgIpc) is 2.76. The van der Waals surface area contributed by atoms with E-state index in [9.17, 15) is 8.42 Å². The van der Waals surface area contributed by atoms with Crippen LogP contribution >= 0.6 is 0 Å². The molecule has 102 valence electrons. The summed E-state index contributed by atoms with van der Waals surface area (Å²) < 4.78 is 31.5. The van der Waals surface area contributed by atoms with Crippen LogP contribution in [-0.4, -0.2) is 18.6 Å². The number of nitrogens with one attached hydrogen (secondary N) is 1. The summed E-state index contributed by atoms with van der Waals surface area (Å²) in [6, 6.07) is 4.73. The van der Waals surface area contributed by atoms with Gasteiger partial charge in [0.25, 0.3) is 0 Å². The predicted octanol–water partition coefficient (Wildman–Crippen LogP) is 0.747. The van der Waals surface area contributed by atoms with Crippen LogP contribution in [0.5, 0.6) is 0 Å². The van der Waals surface area contributed by atoms with Crippen molar-refractivity contribution < 1.29 is 12.9 Å². The molecule has 0 radical (unpaired) electrons. The third kappa shape index (κ3) is 2.91. The zero-order chi connectivity index (χ0) is 14.0. The van der Waals surface area contributed by atoms with Crippen molar-refractivity contribution >= 4 is 15.7 Å². The lowest BCUT2D eigenvalue weighted by molar-refractivity contribution is 0.372. The second-order valence-corrected chi connectivity index (χ2v) is 5.77. The van der Waals surface area contributed by atoms with Gasteiger partial charge in [-0.1, -0.05) is 11.2 Å². The Morgan fingerprint density at radius 3 is 2.74 bits per heavy atom. The van der Waals surface area contributed by atoms with Gasteiger partial charge in [0.05, 0.1) is 11.4 Å². The molecule has 8 heteroatoms. The molecule has 19 heavy (non-hydrogen) atoms. The van der Waals surface area contributed by atoms with Gasteiger partial charge in [0, 0.05) is 5.69 Å². The highest BCUT2D eigenvalue weighted by Crippen LogP contribution is 2.20. The molecular formula is C11H14N4O3S. The molecule has 0 saturated carbocycles. The first-order valence-electron chi connectivity index (χ1n) is 5.54. The maximum Gasteiger partial charge on any atom is 0.241 e. The third-order valence-corrected chi connectivity index (χ3v) is 4.14. The fraction of sp³-hybridized carbons (Fsp3) is 0.273. The van der Waals surface area contributed by atoms with Gasteiger partial charge in [-0.3, -0.25) is 0 Å². The Morgan fingerprint density at radius 2 is 2.11 bits per heavy atom. The van der Waals surface area contributed by atoms with Crippen LogP contribution in [0.4, 0.5) is 5.69 Å². The van der Waals surface area contributed by atoms with Crippen molar-refractivity contribution in [1.82, 2.24) is 14.9 Å².